The van der Waals surface area contributed by atoms with E-state index < -0.39 is 17.6 Å². The fourth-order valence-electron chi connectivity index (χ4n) is 2.48. The lowest BCUT2D eigenvalue weighted by molar-refractivity contribution is -0.137. The van der Waals surface area contributed by atoms with E-state index in [4.69, 9.17) is 15.9 Å². The first kappa shape index (κ1) is 24.1. The van der Waals surface area contributed by atoms with Crippen molar-refractivity contribution in [1.82, 2.24) is 0 Å². The smallest absolute Gasteiger partial charge is 0.416 e. The van der Waals surface area contributed by atoms with Crippen molar-refractivity contribution in [3.05, 3.63) is 56.7 Å². The highest BCUT2D eigenvalue weighted by Gasteiger charge is 2.30. The minimum Gasteiger partial charge on any atom is -0.490 e. The average Bonchev–Trinajstić information content (AvgIpc) is 2.71. The first-order chi connectivity index (χ1) is 14.7. The predicted molar refractivity (Wildman–Crippen MR) is 118 cm³/mol. The maximum absolute atomic E-state index is 12.9. The number of benzene rings is 2. The number of nitrogens with zero attached hydrogens (tertiary/aromatic N) is 1. The summed E-state index contributed by atoms with van der Waals surface area (Å²) in [6.07, 6.45) is 1.98. The number of rotatable bonds is 7. The second kappa shape index (κ2) is 10.7. The van der Waals surface area contributed by atoms with Crippen LogP contribution < -0.4 is 14.8 Å². The number of carbonyl (C=O) groups is 1. The number of nitrogens with one attached hydrogen (secondary N) is 1. The zero-order valence-electron chi connectivity index (χ0n) is 16.2. The summed E-state index contributed by atoms with van der Waals surface area (Å²) in [5.41, 5.74) is -0.820. The van der Waals surface area contributed by atoms with Crippen molar-refractivity contribution in [3.63, 3.8) is 0 Å². The summed E-state index contributed by atoms with van der Waals surface area (Å²) in [7, 11) is 0. The fourth-order valence-corrected chi connectivity index (χ4v) is 3.26. The Balaban J connectivity index is 2.33. The van der Waals surface area contributed by atoms with E-state index >= 15 is 0 Å². The summed E-state index contributed by atoms with van der Waals surface area (Å²) < 4.78 is 50.3. The van der Waals surface area contributed by atoms with Gasteiger partial charge in [-0.1, -0.05) is 12.0 Å². The van der Waals surface area contributed by atoms with Gasteiger partial charge in [0.05, 0.1) is 15.7 Å². The topological polar surface area (TPSA) is 71.3 Å². The molecule has 1 N–H and O–H groups in total. The molecule has 0 saturated heterocycles. The molecule has 0 aliphatic heterocycles. The summed E-state index contributed by atoms with van der Waals surface area (Å²) in [6.45, 7) is 2.16. The number of carbonyl (C=O) groups excluding carboxylic acids is 1. The number of amides is 1. The van der Waals surface area contributed by atoms with Crippen LogP contribution in [-0.4, -0.2) is 19.1 Å². The number of anilines is 1. The van der Waals surface area contributed by atoms with E-state index in [0.717, 1.165) is 12.1 Å². The second-order valence-electron chi connectivity index (χ2n) is 5.96. The van der Waals surface area contributed by atoms with E-state index in [1.54, 1.807) is 25.1 Å². The average molecular weight is 540 g/mol. The minimum absolute atomic E-state index is 0.0358. The van der Waals surface area contributed by atoms with Crippen LogP contribution >= 0.6 is 22.6 Å². The predicted octanol–water partition coefficient (Wildman–Crippen LogP) is 5.27. The van der Waals surface area contributed by atoms with Gasteiger partial charge >= 0.3 is 6.18 Å². The molecule has 0 radical (unpaired) electrons. The van der Waals surface area contributed by atoms with Crippen LogP contribution in [0, 0.1) is 27.2 Å². The van der Waals surface area contributed by atoms with E-state index in [-0.39, 0.29) is 17.9 Å². The van der Waals surface area contributed by atoms with E-state index in [9.17, 15) is 23.2 Å². The van der Waals surface area contributed by atoms with Gasteiger partial charge in [0.25, 0.3) is 5.91 Å². The lowest BCUT2D eigenvalue weighted by atomic mass is 10.1. The molecule has 2 aromatic carbocycles. The minimum atomic E-state index is -4.55. The maximum atomic E-state index is 12.9. The van der Waals surface area contributed by atoms with E-state index in [0.29, 0.717) is 27.2 Å². The molecular weight excluding hydrogens is 524 g/mol. The molecule has 0 atom stereocenters. The van der Waals surface area contributed by atoms with Gasteiger partial charge in [-0.15, -0.1) is 6.42 Å². The van der Waals surface area contributed by atoms with Gasteiger partial charge in [0.15, 0.2) is 11.5 Å². The summed E-state index contributed by atoms with van der Waals surface area (Å²) in [4.78, 5) is 12.4. The molecule has 0 spiro atoms. The molecule has 0 bridgehead atoms. The standard InChI is InChI=1S/C22H16F3IN2O3/c1-3-8-31-20-18(26)10-14(11-19(20)30-4-2)9-15(13-27)21(29)28-17-7-5-6-16(12-17)22(23,24)25/h1,5-7,9-12H,4,8H2,2H3,(H,28,29)/b15-9+. The van der Waals surface area contributed by atoms with Crippen LogP contribution in [0.5, 0.6) is 11.5 Å². The second-order valence-corrected chi connectivity index (χ2v) is 7.12. The van der Waals surface area contributed by atoms with Crippen LogP contribution in [0.25, 0.3) is 6.08 Å². The Labute approximate surface area is 191 Å². The number of nitriles is 1. The van der Waals surface area contributed by atoms with Gasteiger partial charge in [-0.25, -0.2) is 0 Å². The van der Waals surface area contributed by atoms with Crippen molar-refractivity contribution < 1.29 is 27.4 Å². The number of halogens is 4. The SMILES string of the molecule is C#CCOc1c(I)cc(/C=C(\C#N)C(=O)Nc2cccc(C(F)(F)F)c2)cc1OCC. The van der Waals surface area contributed by atoms with Crippen LogP contribution in [0.3, 0.4) is 0 Å². The Kier molecular flexibility index (Phi) is 8.34. The molecule has 31 heavy (non-hydrogen) atoms. The maximum Gasteiger partial charge on any atom is 0.416 e. The molecule has 1 amide bonds. The monoisotopic (exact) mass is 540 g/mol. The molecule has 0 saturated carbocycles. The summed E-state index contributed by atoms with van der Waals surface area (Å²) in [6, 6.07) is 9.14. The van der Waals surface area contributed by atoms with Gasteiger partial charge in [0.1, 0.15) is 18.2 Å². The lowest BCUT2D eigenvalue weighted by Gasteiger charge is -2.13. The number of ether oxygens (including phenoxy) is 2. The lowest BCUT2D eigenvalue weighted by Crippen LogP contribution is -2.14. The third-order valence-corrected chi connectivity index (χ3v) is 4.56. The third kappa shape index (κ3) is 6.66. The van der Waals surface area contributed by atoms with Crippen molar-refractivity contribution in [2.24, 2.45) is 0 Å². The van der Waals surface area contributed by atoms with E-state index in [2.05, 4.69) is 11.2 Å². The van der Waals surface area contributed by atoms with Crippen LogP contribution in [0.1, 0.15) is 18.1 Å². The van der Waals surface area contributed by atoms with Crippen LogP contribution in [0.4, 0.5) is 18.9 Å². The largest absolute Gasteiger partial charge is 0.490 e. The summed E-state index contributed by atoms with van der Waals surface area (Å²) in [5, 5.41) is 11.7. The van der Waals surface area contributed by atoms with Gasteiger partial charge in [-0.05, 0) is 71.5 Å². The highest BCUT2D eigenvalue weighted by molar-refractivity contribution is 14.1. The molecule has 0 fully saturated rings. The summed E-state index contributed by atoms with van der Waals surface area (Å²) in [5.74, 6) is 2.33. The van der Waals surface area contributed by atoms with Crippen molar-refractivity contribution in [2.45, 2.75) is 13.1 Å². The van der Waals surface area contributed by atoms with Crippen LogP contribution in [0.15, 0.2) is 42.0 Å². The van der Waals surface area contributed by atoms with Crippen LogP contribution in [-0.2, 0) is 11.0 Å². The van der Waals surface area contributed by atoms with Crippen molar-refractivity contribution in [2.75, 3.05) is 18.5 Å². The molecule has 0 unspecified atom stereocenters. The first-order valence-electron chi connectivity index (χ1n) is 8.82. The van der Waals surface area contributed by atoms with Gasteiger partial charge < -0.3 is 14.8 Å². The Morgan fingerprint density at radius 2 is 2.03 bits per heavy atom. The van der Waals surface area contributed by atoms with Crippen molar-refractivity contribution in [3.8, 4) is 29.9 Å². The molecule has 0 heterocycles. The van der Waals surface area contributed by atoms with Gasteiger partial charge in [-0.3, -0.25) is 4.79 Å². The van der Waals surface area contributed by atoms with E-state index in [1.165, 1.54) is 18.2 Å². The van der Waals surface area contributed by atoms with Gasteiger partial charge in [0, 0.05) is 5.69 Å². The molecule has 2 rings (SSSR count). The third-order valence-electron chi connectivity index (χ3n) is 3.76. The van der Waals surface area contributed by atoms with Gasteiger partial charge in [-0.2, -0.15) is 18.4 Å². The molecule has 5 nitrogen and oxygen atoms in total. The van der Waals surface area contributed by atoms with Gasteiger partial charge in [0.2, 0.25) is 0 Å². The highest BCUT2D eigenvalue weighted by Crippen LogP contribution is 2.35. The number of terminal acetylenes is 1. The number of alkyl halides is 3. The Bertz CT molecular complexity index is 1080. The molecule has 0 aliphatic carbocycles. The fraction of sp³-hybridized carbons (Fsp3) is 0.182. The Hall–Kier alpha value is -3.18. The molecule has 0 aromatic heterocycles. The van der Waals surface area contributed by atoms with Crippen LogP contribution in [0.2, 0.25) is 0 Å². The number of hydrogen-bond donors (Lipinski definition) is 1. The number of hydrogen-bond acceptors (Lipinski definition) is 4. The molecule has 9 heteroatoms. The van der Waals surface area contributed by atoms with Crippen molar-refractivity contribution >= 4 is 40.3 Å². The molecular formula is C22H16F3IN2O3. The zero-order valence-corrected chi connectivity index (χ0v) is 18.4. The summed E-state index contributed by atoms with van der Waals surface area (Å²) >= 11 is 2.00. The Morgan fingerprint density at radius 3 is 2.65 bits per heavy atom. The zero-order chi connectivity index (χ0) is 23.0. The molecule has 0 aliphatic rings. The quantitative estimate of drug-likeness (QED) is 0.225. The van der Waals surface area contributed by atoms with E-state index in [1.807, 2.05) is 22.6 Å². The van der Waals surface area contributed by atoms with Crippen molar-refractivity contribution in [1.29, 1.82) is 5.26 Å². The Morgan fingerprint density at radius 1 is 1.29 bits per heavy atom. The highest BCUT2D eigenvalue weighted by atomic mass is 127. The molecule has 2 aromatic rings. The normalized spacial score (nSPS) is 11.3. The first-order valence-corrected chi connectivity index (χ1v) is 9.90. The molecule has 160 valence electrons.